The average molecular weight is 279 g/mol. The van der Waals surface area contributed by atoms with Crippen molar-refractivity contribution < 1.29 is 13.2 Å². The fraction of sp³-hybridized carbons (Fsp3) is 0.727. The Balaban J connectivity index is 1.67. The molecule has 2 rings (SSSR count). The summed E-state index contributed by atoms with van der Waals surface area (Å²) in [4.78, 5) is 5.63. The van der Waals surface area contributed by atoms with E-state index in [1.807, 2.05) is 5.38 Å². The predicted octanol–water partition coefficient (Wildman–Crippen LogP) is 2.26. The Kier molecular flexibility index (Phi) is 4.58. The maximum Gasteiger partial charge on any atom is 0.401 e. The zero-order chi connectivity index (χ0) is 13.0. The van der Waals surface area contributed by atoms with Crippen molar-refractivity contribution in [2.24, 2.45) is 0 Å². The summed E-state index contributed by atoms with van der Waals surface area (Å²) < 4.78 is 36.6. The lowest BCUT2D eigenvalue weighted by Crippen LogP contribution is -2.45. The predicted molar refractivity (Wildman–Crippen MR) is 64.5 cm³/mol. The van der Waals surface area contributed by atoms with Crippen LogP contribution < -0.4 is 5.32 Å². The summed E-state index contributed by atoms with van der Waals surface area (Å²) in [6.45, 7) is 0.942. The first-order chi connectivity index (χ1) is 8.53. The standard InChI is InChI=1S/C11H16F3N3S/c12-11(13,14)8-17-4-1-9(2-5-17)16-7-10-15-3-6-18-10/h3,6,9,16H,1-2,4-5,7-8H2. The zero-order valence-corrected chi connectivity index (χ0v) is 10.7. The number of hydrogen-bond acceptors (Lipinski definition) is 4. The van der Waals surface area contributed by atoms with Gasteiger partial charge in [-0.25, -0.2) is 4.98 Å². The van der Waals surface area contributed by atoms with Gasteiger partial charge in [0.1, 0.15) is 5.01 Å². The van der Waals surface area contributed by atoms with Crippen molar-refractivity contribution in [2.45, 2.75) is 31.6 Å². The first-order valence-corrected chi connectivity index (χ1v) is 6.82. The molecule has 0 atom stereocenters. The van der Waals surface area contributed by atoms with E-state index in [9.17, 15) is 13.2 Å². The van der Waals surface area contributed by atoms with Crippen molar-refractivity contribution in [3.63, 3.8) is 0 Å². The van der Waals surface area contributed by atoms with Crippen LogP contribution in [0.25, 0.3) is 0 Å². The molecular weight excluding hydrogens is 263 g/mol. The Morgan fingerprint density at radius 3 is 2.67 bits per heavy atom. The van der Waals surface area contributed by atoms with Gasteiger partial charge in [-0.2, -0.15) is 13.2 Å². The molecule has 0 spiro atoms. The number of alkyl halides is 3. The van der Waals surface area contributed by atoms with E-state index >= 15 is 0 Å². The summed E-state index contributed by atoms with van der Waals surface area (Å²) in [6, 6.07) is 0.304. The highest BCUT2D eigenvalue weighted by molar-refractivity contribution is 7.09. The Morgan fingerprint density at radius 2 is 2.11 bits per heavy atom. The van der Waals surface area contributed by atoms with Crippen molar-refractivity contribution in [1.29, 1.82) is 0 Å². The fourth-order valence-electron chi connectivity index (χ4n) is 2.12. The molecule has 1 N–H and O–H groups in total. The highest BCUT2D eigenvalue weighted by Gasteiger charge is 2.32. The van der Waals surface area contributed by atoms with Crippen LogP contribution in [-0.2, 0) is 6.54 Å². The average Bonchev–Trinajstić information content (AvgIpc) is 2.79. The van der Waals surface area contributed by atoms with Crippen molar-refractivity contribution in [2.75, 3.05) is 19.6 Å². The monoisotopic (exact) mass is 279 g/mol. The fourth-order valence-corrected chi connectivity index (χ4v) is 2.69. The minimum atomic E-state index is -4.08. The quantitative estimate of drug-likeness (QED) is 0.916. The molecule has 18 heavy (non-hydrogen) atoms. The zero-order valence-electron chi connectivity index (χ0n) is 9.91. The lowest BCUT2D eigenvalue weighted by atomic mass is 10.1. The van der Waals surface area contributed by atoms with Gasteiger partial charge in [0, 0.05) is 24.2 Å². The summed E-state index contributed by atoms with van der Waals surface area (Å²) in [5.41, 5.74) is 0. The number of nitrogens with zero attached hydrogens (tertiary/aromatic N) is 2. The van der Waals surface area contributed by atoms with Crippen molar-refractivity contribution >= 4 is 11.3 Å². The molecule has 0 unspecified atom stereocenters. The van der Waals surface area contributed by atoms with Crippen molar-refractivity contribution in [3.8, 4) is 0 Å². The number of hydrogen-bond donors (Lipinski definition) is 1. The molecule has 1 aromatic heterocycles. The number of nitrogens with one attached hydrogen (secondary N) is 1. The number of halogens is 3. The molecule has 2 heterocycles. The molecule has 3 nitrogen and oxygen atoms in total. The minimum absolute atomic E-state index is 0.304. The smallest absolute Gasteiger partial charge is 0.308 e. The molecule has 0 radical (unpaired) electrons. The van der Waals surface area contributed by atoms with E-state index in [2.05, 4.69) is 10.3 Å². The van der Waals surface area contributed by atoms with Gasteiger partial charge in [-0.15, -0.1) is 11.3 Å². The molecule has 0 aliphatic carbocycles. The number of thiazole rings is 1. The van der Waals surface area contributed by atoms with Crippen LogP contribution in [-0.4, -0.2) is 41.7 Å². The largest absolute Gasteiger partial charge is 0.401 e. The van der Waals surface area contributed by atoms with E-state index in [-0.39, 0.29) is 0 Å². The van der Waals surface area contributed by atoms with Crippen LogP contribution >= 0.6 is 11.3 Å². The highest BCUT2D eigenvalue weighted by Crippen LogP contribution is 2.20. The molecule has 1 fully saturated rings. The SMILES string of the molecule is FC(F)(F)CN1CCC(NCc2nccs2)CC1. The third-order valence-electron chi connectivity index (χ3n) is 3.02. The highest BCUT2D eigenvalue weighted by atomic mass is 32.1. The minimum Gasteiger partial charge on any atom is -0.308 e. The van der Waals surface area contributed by atoms with E-state index in [1.165, 1.54) is 4.90 Å². The van der Waals surface area contributed by atoms with Gasteiger partial charge in [0.05, 0.1) is 6.54 Å². The van der Waals surface area contributed by atoms with Gasteiger partial charge < -0.3 is 5.32 Å². The summed E-state index contributed by atoms with van der Waals surface area (Å²) in [5.74, 6) is 0. The second-order valence-electron chi connectivity index (χ2n) is 4.47. The van der Waals surface area contributed by atoms with E-state index in [0.717, 1.165) is 17.8 Å². The molecule has 1 aliphatic heterocycles. The van der Waals surface area contributed by atoms with Crippen LogP contribution in [0.5, 0.6) is 0 Å². The van der Waals surface area contributed by atoms with Crippen LogP contribution in [0, 0.1) is 0 Å². The summed E-state index contributed by atoms with van der Waals surface area (Å²) in [5, 5.41) is 6.29. The number of piperidine rings is 1. The Labute approximate surface area is 108 Å². The number of aromatic nitrogens is 1. The van der Waals surface area contributed by atoms with Crippen LogP contribution in [0.3, 0.4) is 0 Å². The Bertz CT molecular complexity index is 345. The number of likely N-dealkylation sites (tertiary alicyclic amines) is 1. The van der Waals surface area contributed by atoms with Gasteiger partial charge in [-0.3, -0.25) is 4.90 Å². The van der Waals surface area contributed by atoms with Gasteiger partial charge in [0.2, 0.25) is 0 Å². The second-order valence-corrected chi connectivity index (χ2v) is 5.45. The maximum absolute atomic E-state index is 12.2. The molecular formula is C11H16F3N3S. The molecule has 1 aromatic rings. The van der Waals surface area contributed by atoms with Crippen LogP contribution in [0.2, 0.25) is 0 Å². The van der Waals surface area contributed by atoms with E-state index in [1.54, 1.807) is 17.5 Å². The molecule has 102 valence electrons. The van der Waals surface area contributed by atoms with Gasteiger partial charge >= 0.3 is 6.18 Å². The van der Waals surface area contributed by atoms with Gasteiger partial charge in [0.25, 0.3) is 0 Å². The van der Waals surface area contributed by atoms with Gasteiger partial charge in [-0.05, 0) is 25.9 Å². The summed E-state index contributed by atoms with van der Waals surface area (Å²) >= 11 is 1.59. The lowest BCUT2D eigenvalue weighted by molar-refractivity contribution is -0.148. The van der Waals surface area contributed by atoms with E-state index in [4.69, 9.17) is 0 Å². The van der Waals surface area contributed by atoms with Gasteiger partial charge in [-0.1, -0.05) is 0 Å². The molecule has 1 saturated heterocycles. The summed E-state index contributed by atoms with van der Waals surface area (Å²) in [7, 11) is 0. The lowest BCUT2D eigenvalue weighted by Gasteiger charge is -2.32. The second kappa shape index (κ2) is 5.99. The maximum atomic E-state index is 12.2. The molecule has 0 saturated carbocycles. The first-order valence-electron chi connectivity index (χ1n) is 5.94. The third kappa shape index (κ3) is 4.55. The van der Waals surface area contributed by atoms with Gasteiger partial charge in [0.15, 0.2) is 0 Å². The first kappa shape index (κ1) is 13.8. The molecule has 0 aromatic carbocycles. The van der Waals surface area contributed by atoms with Crippen LogP contribution in [0.15, 0.2) is 11.6 Å². The molecule has 1 aliphatic rings. The molecule has 0 bridgehead atoms. The Morgan fingerprint density at radius 1 is 1.39 bits per heavy atom. The van der Waals surface area contributed by atoms with E-state index in [0.29, 0.717) is 25.7 Å². The summed E-state index contributed by atoms with van der Waals surface area (Å²) in [6.07, 6.45) is -0.794. The normalized spacial score (nSPS) is 19.3. The Hall–Kier alpha value is -0.660. The van der Waals surface area contributed by atoms with Crippen LogP contribution in [0.4, 0.5) is 13.2 Å². The topological polar surface area (TPSA) is 28.2 Å². The van der Waals surface area contributed by atoms with Crippen LogP contribution in [0.1, 0.15) is 17.8 Å². The van der Waals surface area contributed by atoms with Crippen molar-refractivity contribution in [1.82, 2.24) is 15.2 Å². The molecule has 0 amide bonds. The van der Waals surface area contributed by atoms with Crippen molar-refractivity contribution in [3.05, 3.63) is 16.6 Å². The molecule has 7 heteroatoms. The van der Waals surface area contributed by atoms with E-state index < -0.39 is 12.7 Å². The number of rotatable bonds is 4. The third-order valence-corrected chi connectivity index (χ3v) is 3.80.